The summed E-state index contributed by atoms with van der Waals surface area (Å²) in [6.07, 6.45) is 11.6. The van der Waals surface area contributed by atoms with Crippen molar-refractivity contribution < 1.29 is 9.53 Å². The SMILES string of the molecule is CCOC(=O)[C@]1(C)CCC[C@@]2(C)[C@@H]3CC[C@@]4(C)C[C@]3(CC[C@@H]21)c1cnn(-c2cccc(C)c2)c14. The van der Waals surface area contributed by atoms with Crippen molar-refractivity contribution in [3.05, 3.63) is 47.3 Å². The molecule has 4 nitrogen and oxygen atoms in total. The second-order valence-electron chi connectivity index (χ2n) is 12.7. The lowest BCUT2D eigenvalue weighted by atomic mass is 9.40. The highest BCUT2D eigenvalue weighted by atomic mass is 16.5. The first kappa shape index (κ1) is 22.4. The molecular formula is C30H40N2O2. The minimum atomic E-state index is -0.349. The molecule has 4 aliphatic carbocycles. The molecule has 0 aliphatic heterocycles. The Kier molecular flexibility index (Phi) is 4.74. The van der Waals surface area contributed by atoms with Gasteiger partial charge in [0.25, 0.3) is 0 Å². The van der Waals surface area contributed by atoms with Crippen molar-refractivity contribution in [3.8, 4) is 5.69 Å². The van der Waals surface area contributed by atoms with Crippen molar-refractivity contribution in [1.29, 1.82) is 0 Å². The van der Waals surface area contributed by atoms with Crippen LogP contribution in [-0.2, 0) is 20.4 Å². The van der Waals surface area contributed by atoms with E-state index in [1.165, 1.54) is 54.6 Å². The maximum Gasteiger partial charge on any atom is 0.312 e. The first-order chi connectivity index (χ1) is 16.2. The van der Waals surface area contributed by atoms with E-state index in [0.717, 1.165) is 19.3 Å². The van der Waals surface area contributed by atoms with E-state index in [0.29, 0.717) is 18.4 Å². The van der Waals surface area contributed by atoms with Gasteiger partial charge in [-0.1, -0.05) is 32.4 Å². The van der Waals surface area contributed by atoms with Crippen molar-refractivity contribution in [3.63, 3.8) is 0 Å². The van der Waals surface area contributed by atoms with Crippen LogP contribution in [0.2, 0.25) is 0 Å². The van der Waals surface area contributed by atoms with Crippen molar-refractivity contribution >= 4 is 5.97 Å². The molecular weight excluding hydrogens is 420 g/mol. The molecule has 1 heterocycles. The monoisotopic (exact) mass is 460 g/mol. The highest BCUT2D eigenvalue weighted by molar-refractivity contribution is 5.77. The van der Waals surface area contributed by atoms with Gasteiger partial charge in [0.1, 0.15) is 0 Å². The lowest BCUT2D eigenvalue weighted by Crippen LogP contribution is -2.60. The summed E-state index contributed by atoms with van der Waals surface area (Å²) in [5.41, 5.74) is 5.64. The second kappa shape index (κ2) is 7.21. The van der Waals surface area contributed by atoms with Crippen LogP contribution < -0.4 is 0 Å². The fourth-order valence-corrected chi connectivity index (χ4v) is 9.66. The van der Waals surface area contributed by atoms with Crippen LogP contribution in [0.25, 0.3) is 5.69 Å². The van der Waals surface area contributed by atoms with E-state index >= 15 is 0 Å². The molecule has 6 rings (SSSR count). The van der Waals surface area contributed by atoms with Gasteiger partial charge in [-0.3, -0.25) is 4.79 Å². The van der Waals surface area contributed by atoms with Crippen LogP contribution in [0.1, 0.15) is 95.9 Å². The van der Waals surface area contributed by atoms with Crippen LogP contribution in [0.5, 0.6) is 0 Å². The third-order valence-corrected chi connectivity index (χ3v) is 10.9. The second-order valence-corrected chi connectivity index (χ2v) is 12.7. The number of benzene rings is 1. The van der Waals surface area contributed by atoms with E-state index in [2.05, 4.69) is 62.8 Å². The smallest absolute Gasteiger partial charge is 0.312 e. The molecule has 6 atom stereocenters. The van der Waals surface area contributed by atoms with E-state index in [9.17, 15) is 4.79 Å². The zero-order chi connectivity index (χ0) is 23.9. The molecule has 182 valence electrons. The quantitative estimate of drug-likeness (QED) is 0.481. The van der Waals surface area contributed by atoms with Crippen LogP contribution in [0.4, 0.5) is 0 Å². The lowest BCUT2D eigenvalue weighted by Gasteiger charge is -2.64. The third-order valence-electron chi connectivity index (χ3n) is 10.9. The van der Waals surface area contributed by atoms with Crippen LogP contribution in [-0.4, -0.2) is 22.4 Å². The molecule has 2 aromatic rings. The summed E-state index contributed by atoms with van der Waals surface area (Å²) in [6, 6.07) is 8.77. The third kappa shape index (κ3) is 2.72. The number of aryl methyl sites for hydroxylation is 1. The molecule has 1 aromatic heterocycles. The van der Waals surface area contributed by atoms with Gasteiger partial charge >= 0.3 is 5.97 Å². The summed E-state index contributed by atoms with van der Waals surface area (Å²) < 4.78 is 7.92. The number of hydrogen-bond acceptors (Lipinski definition) is 3. The first-order valence-electron chi connectivity index (χ1n) is 13.5. The van der Waals surface area contributed by atoms with E-state index in [4.69, 9.17) is 9.84 Å². The fraction of sp³-hybridized carbons (Fsp3) is 0.667. The molecule has 0 radical (unpaired) electrons. The highest BCUT2D eigenvalue weighted by Gasteiger charge is 2.68. The number of aromatic nitrogens is 2. The summed E-state index contributed by atoms with van der Waals surface area (Å²) in [7, 11) is 0. The molecule has 3 saturated carbocycles. The number of carbonyl (C=O) groups excluding carboxylic acids is 1. The van der Waals surface area contributed by atoms with Crippen molar-refractivity contribution in [2.24, 2.45) is 22.7 Å². The number of carbonyl (C=O) groups is 1. The van der Waals surface area contributed by atoms with Crippen LogP contribution in [0.3, 0.4) is 0 Å². The topological polar surface area (TPSA) is 44.1 Å². The van der Waals surface area contributed by atoms with Gasteiger partial charge in [-0.05, 0) is 101 Å². The Balaban J connectivity index is 1.45. The lowest BCUT2D eigenvalue weighted by molar-refractivity contribution is -0.180. The van der Waals surface area contributed by atoms with Crippen molar-refractivity contribution in [1.82, 2.24) is 9.78 Å². The van der Waals surface area contributed by atoms with Gasteiger partial charge in [-0.2, -0.15) is 5.10 Å². The number of hydrogen-bond donors (Lipinski definition) is 0. The standard InChI is InChI=1S/C30H40N2O2/c1-6-34-26(33)29(5)14-8-13-28(4)23(29)12-16-30-19-27(3,15-11-24(28)30)25-22(30)18-31-32(25)21-10-7-9-20(2)17-21/h7,9-10,17-18,23-24H,6,8,11-16,19H2,1-5H3/t23-,24-,27-,28+,29+,30+/m0/s1. The van der Waals surface area contributed by atoms with E-state index in [1.54, 1.807) is 0 Å². The van der Waals surface area contributed by atoms with E-state index < -0.39 is 0 Å². The van der Waals surface area contributed by atoms with E-state index in [-0.39, 0.29) is 27.6 Å². The summed E-state index contributed by atoms with van der Waals surface area (Å²) in [5.74, 6) is 1.06. The predicted molar refractivity (Wildman–Crippen MR) is 134 cm³/mol. The van der Waals surface area contributed by atoms with Gasteiger partial charge in [-0.15, -0.1) is 0 Å². The minimum absolute atomic E-state index is 0.0434. The number of rotatable bonds is 3. The molecule has 1 aromatic carbocycles. The minimum Gasteiger partial charge on any atom is -0.466 e. The van der Waals surface area contributed by atoms with Crippen molar-refractivity contribution in [2.45, 2.75) is 96.8 Å². The fourth-order valence-electron chi connectivity index (χ4n) is 9.66. The Morgan fingerprint density at radius 3 is 2.68 bits per heavy atom. The molecule has 3 fully saturated rings. The van der Waals surface area contributed by atoms with Gasteiger partial charge in [0, 0.05) is 16.4 Å². The maximum atomic E-state index is 13.2. The van der Waals surface area contributed by atoms with Gasteiger partial charge in [0.2, 0.25) is 0 Å². The van der Waals surface area contributed by atoms with E-state index in [1.807, 2.05) is 6.92 Å². The molecule has 0 saturated heterocycles. The molecule has 4 aliphatic rings. The zero-order valence-corrected chi connectivity index (χ0v) is 21.6. The van der Waals surface area contributed by atoms with Gasteiger partial charge in [-0.25, -0.2) is 4.68 Å². The van der Waals surface area contributed by atoms with Crippen LogP contribution >= 0.6 is 0 Å². The van der Waals surface area contributed by atoms with Crippen LogP contribution in [0.15, 0.2) is 30.5 Å². The average Bonchev–Trinajstić information content (AvgIpc) is 3.32. The maximum absolute atomic E-state index is 13.2. The normalized spacial score (nSPS) is 40.3. The molecule has 4 heteroatoms. The first-order valence-corrected chi connectivity index (χ1v) is 13.5. The Bertz CT molecular complexity index is 1150. The Hall–Kier alpha value is -2.10. The molecule has 2 bridgehead atoms. The van der Waals surface area contributed by atoms with Crippen LogP contribution in [0, 0.1) is 29.6 Å². The molecule has 0 unspecified atom stereocenters. The summed E-state index contributed by atoms with van der Waals surface area (Å²) >= 11 is 0. The largest absolute Gasteiger partial charge is 0.466 e. The van der Waals surface area contributed by atoms with Crippen molar-refractivity contribution in [2.75, 3.05) is 6.61 Å². The molecule has 0 amide bonds. The average molecular weight is 461 g/mol. The number of fused-ring (bicyclic) bond motifs is 5. The number of esters is 1. The summed E-state index contributed by atoms with van der Waals surface area (Å²) in [5, 5.41) is 5.01. The Morgan fingerprint density at radius 2 is 1.91 bits per heavy atom. The molecule has 34 heavy (non-hydrogen) atoms. The number of nitrogens with zero attached hydrogens (tertiary/aromatic N) is 2. The molecule has 0 N–H and O–H groups in total. The Labute approximate surface area is 204 Å². The summed E-state index contributed by atoms with van der Waals surface area (Å²) in [4.78, 5) is 13.2. The van der Waals surface area contributed by atoms with Gasteiger partial charge < -0.3 is 4.74 Å². The van der Waals surface area contributed by atoms with Gasteiger partial charge in [0.05, 0.1) is 29.6 Å². The Morgan fingerprint density at radius 1 is 1.12 bits per heavy atom. The highest BCUT2D eigenvalue weighted by Crippen LogP contribution is 2.73. The predicted octanol–water partition coefficient (Wildman–Crippen LogP) is 6.66. The van der Waals surface area contributed by atoms with Gasteiger partial charge in [0.15, 0.2) is 0 Å². The number of ether oxygens (including phenoxy) is 1. The molecule has 1 spiro atoms. The zero-order valence-electron chi connectivity index (χ0n) is 21.6. The summed E-state index contributed by atoms with van der Waals surface area (Å²) in [6.45, 7) is 11.8.